The van der Waals surface area contributed by atoms with Gasteiger partial charge in [-0.05, 0) is 60.2 Å². The van der Waals surface area contributed by atoms with E-state index in [2.05, 4.69) is 22.2 Å². The SMILES string of the molecule is CC1Cc2c(ncnc2Oc2ccc3c(c2)cc(I)n3C(=O)O)CN1. The standard InChI is InChI=1S/C17H15IN4O3/c1-9-4-12-13(7-19-9)20-8-21-16(12)25-11-2-3-14-10(5-11)6-15(18)22(14)17(23)24/h2-3,5-6,8-9,19H,4,7H2,1H3,(H,23,24). The van der Waals surface area contributed by atoms with E-state index in [0.717, 1.165) is 23.1 Å². The van der Waals surface area contributed by atoms with Crippen LogP contribution in [-0.2, 0) is 13.0 Å². The Labute approximate surface area is 157 Å². The topological polar surface area (TPSA) is 89.3 Å². The normalized spacial score (nSPS) is 16.6. The molecule has 3 aromatic rings. The molecule has 1 aliphatic heterocycles. The third-order valence-electron chi connectivity index (χ3n) is 4.26. The predicted molar refractivity (Wildman–Crippen MR) is 100 cm³/mol. The Morgan fingerprint density at radius 2 is 2.24 bits per heavy atom. The minimum atomic E-state index is -1.00. The Hall–Kier alpha value is -2.20. The highest BCUT2D eigenvalue weighted by Gasteiger charge is 2.21. The van der Waals surface area contributed by atoms with Crippen LogP contribution in [0.25, 0.3) is 10.9 Å². The molecule has 25 heavy (non-hydrogen) atoms. The zero-order chi connectivity index (χ0) is 17.6. The minimum Gasteiger partial charge on any atom is -0.464 e. The summed E-state index contributed by atoms with van der Waals surface area (Å²) in [6, 6.07) is 7.50. The Balaban J connectivity index is 1.71. The van der Waals surface area contributed by atoms with Crippen LogP contribution >= 0.6 is 22.6 Å². The minimum absolute atomic E-state index is 0.342. The maximum Gasteiger partial charge on any atom is 0.416 e. The molecule has 0 fully saturated rings. The summed E-state index contributed by atoms with van der Waals surface area (Å²) in [6.07, 6.45) is 1.31. The first kappa shape index (κ1) is 16.3. The van der Waals surface area contributed by atoms with Crippen molar-refractivity contribution in [3.8, 4) is 11.6 Å². The van der Waals surface area contributed by atoms with E-state index < -0.39 is 6.09 Å². The number of aromatic nitrogens is 3. The summed E-state index contributed by atoms with van der Waals surface area (Å²) in [5, 5.41) is 13.5. The molecule has 1 atom stereocenters. The fraction of sp³-hybridized carbons (Fsp3) is 0.235. The molecule has 1 unspecified atom stereocenters. The van der Waals surface area contributed by atoms with Gasteiger partial charge >= 0.3 is 6.09 Å². The lowest BCUT2D eigenvalue weighted by Gasteiger charge is -2.23. The van der Waals surface area contributed by atoms with Crippen LogP contribution in [-0.4, -0.2) is 31.8 Å². The fourth-order valence-electron chi connectivity index (χ4n) is 3.05. The van der Waals surface area contributed by atoms with E-state index in [1.165, 1.54) is 10.9 Å². The first-order chi connectivity index (χ1) is 12.0. The average molecular weight is 450 g/mol. The molecule has 0 saturated carbocycles. The Morgan fingerprint density at radius 3 is 3.04 bits per heavy atom. The predicted octanol–water partition coefficient (Wildman–Crippen LogP) is 3.39. The molecule has 4 rings (SSSR count). The second-order valence-corrected chi connectivity index (χ2v) is 7.10. The van der Waals surface area contributed by atoms with Crippen molar-refractivity contribution in [2.45, 2.75) is 25.9 Å². The number of hydrogen-bond donors (Lipinski definition) is 2. The van der Waals surface area contributed by atoms with E-state index in [9.17, 15) is 9.90 Å². The molecule has 0 bridgehead atoms. The van der Waals surface area contributed by atoms with Crippen LogP contribution in [0.1, 0.15) is 18.2 Å². The summed E-state index contributed by atoms with van der Waals surface area (Å²) in [4.78, 5) is 20.0. The number of halogens is 1. The molecule has 1 aliphatic rings. The first-order valence-corrected chi connectivity index (χ1v) is 8.89. The molecular weight excluding hydrogens is 435 g/mol. The molecule has 0 saturated heterocycles. The lowest BCUT2D eigenvalue weighted by molar-refractivity contribution is 0.197. The van der Waals surface area contributed by atoms with Crippen LogP contribution in [0.5, 0.6) is 11.6 Å². The van der Waals surface area contributed by atoms with Gasteiger partial charge in [-0.2, -0.15) is 0 Å². The van der Waals surface area contributed by atoms with Crippen molar-refractivity contribution in [2.75, 3.05) is 0 Å². The summed E-state index contributed by atoms with van der Waals surface area (Å²) < 4.78 is 7.89. The van der Waals surface area contributed by atoms with Crippen molar-refractivity contribution < 1.29 is 14.6 Å². The van der Waals surface area contributed by atoms with Gasteiger partial charge in [0, 0.05) is 23.5 Å². The van der Waals surface area contributed by atoms with Gasteiger partial charge in [0.05, 0.1) is 14.9 Å². The third kappa shape index (κ3) is 2.95. The molecule has 0 aliphatic carbocycles. The van der Waals surface area contributed by atoms with E-state index in [0.29, 0.717) is 33.4 Å². The van der Waals surface area contributed by atoms with Crippen LogP contribution < -0.4 is 10.1 Å². The van der Waals surface area contributed by atoms with Crippen molar-refractivity contribution in [2.24, 2.45) is 0 Å². The molecular formula is C17H15IN4O3. The average Bonchev–Trinajstić information content (AvgIpc) is 2.90. The van der Waals surface area contributed by atoms with Crippen molar-refractivity contribution in [1.29, 1.82) is 0 Å². The zero-order valence-electron chi connectivity index (χ0n) is 13.4. The number of benzene rings is 1. The molecule has 2 aromatic heterocycles. The molecule has 7 nitrogen and oxygen atoms in total. The monoisotopic (exact) mass is 450 g/mol. The number of fused-ring (bicyclic) bond motifs is 2. The van der Waals surface area contributed by atoms with Crippen LogP contribution in [0.2, 0.25) is 0 Å². The highest BCUT2D eigenvalue weighted by molar-refractivity contribution is 14.1. The van der Waals surface area contributed by atoms with Crippen molar-refractivity contribution in [3.63, 3.8) is 0 Å². The van der Waals surface area contributed by atoms with Crippen molar-refractivity contribution >= 4 is 39.6 Å². The summed E-state index contributed by atoms with van der Waals surface area (Å²) in [7, 11) is 0. The van der Waals surface area contributed by atoms with Crippen molar-refractivity contribution in [1.82, 2.24) is 19.9 Å². The highest BCUT2D eigenvalue weighted by atomic mass is 127. The van der Waals surface area contributed by atoms with Crippen LogP contribution in [0.4, 0.5) is 4.79 Å². The number of rotatable bonds is 2. The maximum atomic E-state index is 11.4. The third-order valence-corrected chi connectivity index (χ3v) is 5.05. The molecule has 0 spiro atoms. The summed E-state index contributed by atoms with van der Waals surface area (Å²) in [6.45, 7) is 2.82. The van der Waals surface area contributed by atoms with Crippen molar-refractivity contribution in [3.05, 3.63) is 45.6 Å². The zero-order valence-corrected chi connectivity index (χ0v) is 15.5. The molecule has 8 heteroatoms. The van der Waals surface area contributed by atoms with Gasteiger partial charge in [0.15, 0.2) is 0 Å². The van der Waals surface area contributed by atoms with E-state index in [4.69, 9.17) is 4.74 Å². The summed E-state index contributed by atoms with van der Waals surface area (Å²) in [5.74, 6) is 1.18. The van der Waals surface area contributed by atoms with Crippen LogP contribution in [0, 0.1) is 3.70 Å². The Morgan fingerprint density at radius 1 is 1.40 bits per heavy atom. The number of ether oxygens (including phenoxy) is 1. The summed E-state index contributed by atoms with van der Waals surface area (Å²) in [5.41, 5.74) is 2.61. The number of carbonyl (C=O) groups is 1. The number of carboxylic acid groups (broad SMARTS) is 1. The fourth-order valence-corrected chi connectivity index (χ4v) is 3.86. The lowest BCUT2D eigenvalue weighted by Crippen LogP contribution is -2.33. The second kappa shape index (κ2) is 6.26. The van der Waals surface area contributed by atoms with Gasteiger partial charge in [-0.15, -0.1) is 0 Å². The van der Waals surface area contributed by atoms with Gasteiger partial charge < -0.3 is 15.2 Å². The first-order valence-electron chi connectivity index (χ1n) is 7.81. The molecule has 3 heterocycles. The van der Waals surface area contributed by atoms with Gasteiger partial charge in [0.2, 0.25) is 5.88 Å². The molecule has 0 amide bonds. The lowest BCUT2D eigenvalue weighted by atomic mass is 10.0. The quantitative estimate of drug-likeness (QED) is 0.582. The Kier molecular flexibility index (Phi) is 4.08. The highest BCUT2D eigenvalue weighted by Crippen LogP contribution is 2.31. The summed E-state index contributed by atoms with van der Waals surface area (Å²) >= 11 is 2.01. The molecule has 128 valence electrons. The van der Waals surface area contributed by atoms with Crippen LogP contribution in [0.15, 0.2) is 30.6 Å². The van der Waals surface area contributed by atoms with E-state index in [1.54, 1.807) is 12.1 Å². The van der Waals surface area contributed by atoms with E-state index in [-0.39, 0.29) is 0 Å². The van der Waals surface area contributed by atoms with Gasteiger partial charge in [-0.1, -0.05) is 0 Å². The molecule has 0 radical (unpaired) electrons. The smallest absolute Gasteiger partial charge is 0.416 e. The number of hydrogen-bond acceptors (Lipinski definition) is 5. The molecule has 1 aromatic carbocycles. The van der Waals surface area contributed by atoms with E-state index >= 15 is 0 Å². The van der Waals surface area contributed by atoms with Gasteiger partial charge in [-0.25, -0.2) is 19.3 Å². The Bertz CT molecular complexity index is 985. The van der Waals surface area contributed by atoms with Gasteiger partial charge in [0.25, 0.3) is 0 Å². The largest absolute Gasteiger partial charge is 0.464 e. The number of nitrogens with one attached hydrogen (secondary N) is 1. The van der Waals surface area contributed by atoms with Gasteiger partial charge in [0.1, 0.15) is 12.1 Å². The molecule has 2 N–H and O–H groups in total. The van der Waals surface area contributed by atoms with Crippen LogP contribution in [0.3, 0.4) is 0 Å². The van der Waals surface area contributed by atoms with E-state index in [1.807, 2.05) is 34.7 Å². The second-order valence-electron chi connectivity index (χ2n) is 6.00. The van der Waals surface area contributed by atoms with Gasteiger partial charge in [-0.3, -0.25) is 0 Å². The maximum absolute atomic E-state index is 11.4. The number of nitrogens with zero attached hydrogens (tertiary/aromatic N) is 3.